The number of carbonyl (C=O) groups excluding carboxylic acids is 4. The van der Waals surface area contributed by atoms with Gasteiger partial charge in [-0.05, 0) is 60.5 Å². The predicted octanol–water partition coefficient (Wildman–Crippen LogP) is 3.68. The monoisotopic (exact) mass is 515 g/mol. The molecular weight excluding hydrogens is 486 g/mol. The summed E-state index contributed by atoms with van der Waals surface area (Å²) in [7, 11) is 3.12. The number of benzene rings is 3. The summed E-state index contributed by atoms with van der Waals surface area (Å²) in [6.45, 7) is 1.56. The van der Waals surface area contributed by atoms with Crippen LogP contribution in [0.15, 0.2) is 72.8 Å². The molecule has 9 heteroatoms. The van der Waals surface area contributed by atoms with Crippen molar-refractivity contribution >= 4 is 34.9 Å². The van der Waals surface area contributed by atoms with E-state index in [4.69, 9.17) is 9.47 Å². The molecule has 1 heterocycles. The SMILES string of the molecule is CC[C@H](C(=O)Nc1ccc(OC)cc1)N(Cc1ccc(OC)cc1)C(=O)CN1C(=O)C(=O)c2ccccc21. The van der Waals surface area contributed by atoms with Crippen LogP contribution in [0.3, 0.4) is 0 Å². The second kappa shape index (κ2) is 11.6. The lowest BCUT2D eigenvalue weighted by atomic mass is 10.1. The number of ketones is 1. The van der Waals surface area contributed by atoms with Crippen molar-refractivity contribution in [3.8, 4) is 11.5 Å². The molecule has 0 spiro atoms. The van der Waals surface area contributed by atoms with E-state index < -0.39 is 23.6 Å². The Kier molecular flexibility index (Phi) is 8.06. The van der Waals surface area contributed by atoms with Crippen LogP contribution in [-0.2, 0) is 20.9 Å². The normalized spacial score (nSPS) is 13.1. The first kappa shape index (κ1) is 26.4. The minimum absolute atomic E-state index is 0.120. The van der Waals surface area contributed by atoms with E-state index in [9.17, 15) is 19.2 Å². The lowest BCUT2D eigenvalue weighted by Gasteiger charge is -2.32. The Morgan fingerprint density at radius 2 is 1.50 bits per heavy atom. The first-order chi connectivity index (χ1) is 18.4. The molecule has 0 radical (unpaired) electrons. The average molecular weight is 516 g/mol. The van der Waals surface area contributed by atoms with Gasteiger partial charge in [0.1, 0.15) is 24.1 Å². The number of hydrogen-bond acceptors (Lipinski definition) is 6. The number of carbonyl (C=O) groups is 4. The Morgan fingerprint density at radius 1 is 0.895 bits per heavy atom. The molecule has 0 aliphatic carbocycles. The fourth-order valence-electron chi connectivity index (χ4n) is 4.38. The van der Waals surface area contributed by atoms with Crippen molar-refractivity contribution in [1.82, 2.24) is 4.90 Å². The van der Waals surface area contributed by atoms with Crippen LogP contribution in [0.25, 0.3) is 0 Å². The lowest BCUT2D eigenvalue weighted by Crippen LogP contribution is -2.50. The Hall–Kier alpha value is -4.66. The van der Waals surface area contributed by atoms with Gasteiger partial charge in [-0.1, -0.05) is 31.2 Å². The second-order valence-corrected chi connectivity index (χ2v) is 8.75. The summed E-state index contributed by atoms with van der Waals surface area (Å²) in [5, 5.41) is 2.87. The van der Waals surface area contributed by atoms with Crippen molar-refractivity contribution < 1.29 is 28.7 Å². The number of para-hydroxylation sites is 1. The predicted molar refractivity (Wildman–Crippen MR) is 142 cm³/mol. The quantitative estimate of drug-likeness (QED) is 0.413. The van der Waals surface area contributed by atoms with Gasteiger partial charge >= 0.3 is 0 Å². The summed E-state index contributed by atoms with van der Waals surface area (Å²) in [4.78, 5) is 54.9. The molecule has 3 aromatic carbocycles. The summed E-state index contributed by atoms with van der Waals surface area (Å²) in [5.41, 5.74) is 1.98. The van der Waals surface area contributed by atoms with E-state index in [0.717, 1.165) is 5.56 Å². The highest BCUT2D eigenvalue weighted by atomic mass is 16.5. The zero-order chi connectivity index (χ0) is 27.2. The zero-order valence-electron chi connectivity index (χ0n) is 21.5. The summed E-state index contributed by atoms with van der Waals surface area (Å²) in [5.74, 6) is -0.941. The molecule has 4 rings (SSSR count). The Labute approximate surface area is 220 Å². The maximum atomic E-state index is 13.7. The number of nitrogens with zero attached hydrogens (tertiary/aromatic N) is 2. The molecule has 0 saturated heterocycles. The smallest absolute Gasteiger partial charge is 0.299 e. The number of fused-ring (bicyclic) bond motifs is 1. The standard InChI is InChI=1S/C29H29N3O6/c1-4-24(28(35)30-20-11-15-22(38-3)16-12-20)31(17-19-9-13-21(37-2)14-10-19)26(33)18-32-25-8-6-5-7-23(25)27(34)29(32)36/h5-16,24H,4,17-18H2,1-3H3,(H,30,35)/t24-/m1/s1. The molecule has 1 aliphatic heterocycles. The molecule has 38 heavy (non-hydrogen) atoms. The van der Waals surface area contributed by atoms with Crippen molar-refractivity contribution in [1.29, 1.82) is 0 Å². The fraction of sp³-hybridized carbons (Fsp3) is 0.241. The maximum Gasteiger partial charge on any atom is 0.299 e. The minimum atomic E-state index is -0.838. The lowest BCUT2D eigenvalue weighted by molar-refractivity contribution is -0.138. The van der Waals surface area contributed by atoms with Crippen LogP contribution in [0.4, 0.5) is 11.4 Å². The van der Waals surface area contributed by atoms with Gasteiger partial charge in [-0.25, -0.2) is 0 Å². The van der Waals surface area contributed by atoms with Crippen LogP contribution in [0, 0.1) is 0 Å². The molecule has 196 valence electrons. The van der Waals surface area contributed by atoms with Gasteiger partial charge in [-0.3, -0.25) is 24.1 Å². The molecule has 0 unspecified atom stereocenters. The Balaban J connectivity index is 1.61. The van der Waals surface area contributed by atoms with Crippen molar-refractivity contribution in [3.63, 3.8) is 0 Å². The van der Waals surface area contributed by atoms with Crippen molar-refractivity contribution in [2.75, 3.05) is 31.0 Å². The van der Waals surface area contributed by atoms with Gasteiger partial charge < -0.3 is 19.7 Å². The van der Waals surface area contributed by atoms with E-state index >= 15 is 0 Å². The summed E-state index contributed by atoms with van der Waals surface area (Å²) >= 11 is 0. The van der Waals surface area contributed by atoms with Crippen LogP contribution in [0.1, 0.15) is 29.3 Å². The number of Topliss-reactive ketones (excluding diaryl/α,β-unsaturated/α-hetero) is 1. The molecule has 1 aliphatic rings. The number of hydrogen-bond donors (Lipinski definition) is 1. The number of ether oxygens (including phenoxy) is 2. The van der Waals surface area contributed by atoms with E-state index in [1.807, 2.05) is 19.1 Å². The van der Waals surface area contributed by atoms with E-state index in [1.165, 1.54) is 9.80 Å². The van der Waals surface area contributed by atoms with Crippen LogP contribution < -0.4 is 19.7 Å². The van der Waals surface area contributed by atoms with Gasteiger partial charge in [-0.15, -0.1) is 0 Å². The summed E-state index contributed by atoms with van der Waals surface area (Å²) in [6.07, 6.45) is 0.327. The van der Waals surface area contributed by atoms with Gasteiger partial charge in [-0.2, -0.15) is 0 Å². The molecule has 1 atom stereocenters. The van der Waals surface area contributed by atoms with Crippen molar-refractivity contribution in [3.05, 3.63) is 83.9 Å². The molecule has 0 bridgehead atoms. The summed E-state index contributed by atoms with van der Waals surface area (Å²) < 4.78 is 10.4. The van der Waals surface area contributed by atoms with Crippen LogP contribution in [0.5, 0.6) is 11.5 Å². The molecular formula is C29H29N3O6. The number of amides is 3. The maximum absolute atomic E-state index is 13.7. The first-order valence-electron chi connectivity index (χ1n) is 12.2. The zero-order valence-corrected chi connectivity index (χ0v) is 21.5. The van der Waals surface area contributed by atoms with Crippen molar-refractivity contribution in [2.45, 2.75) is 25.9 Å². The molecule has 0 fully saturated rings. The number of anilines is 2. The molecule has 3 amide bonds. The Bertz CT molecular complexity index is 1340. The van der Waals surface area contributed by atoms with Gasteiger partial charge in [0.05, 0.1) is 25.5 Å². The van der Waals surface area contributed by atoms with Crippen LogP contribution in [-0.4, -0.2) is 55.2 Å². The third kappa shape index (κ3) is 5.51. The number of nitrogens with one attached hydrogen (secondary N) is 1. The average Bonchev–Trinajstić information content (AvgIpc) is 3.18. The van der Waals surface area contributed by atoms with E-state index in [1.54, 1.807) is 74.9 Å². The van der Waals surface area contributed by atoms with Crippen LogP contribution >= 0.6 is 0 Å². The molecule has 1 N–H and O–H groups in total. The molecule has 3 aromatic rings. The van der Waals surface area contributed by atoms with Gasteiger partial charge in [0.2, 0.25) is 11.8 Å². The fourth-order valence-corrected chi connectivity index (χ4v) is 4.38. The third-order valence-electron chi connectivity index (χ3n) is 6.43. The van der Waals surface area contributed by atoms with E-state index in [0.29, 0.717) is 29.3 Å². The van der Waals surface area contributed by atoms with E-state index in [2.05, 4.69) is 5.32 Å². The highest BCUT2D eigenvalue weighted by molar-refractivity contribution is 6.52. The highest BCUT2D eigenvalue weighted by Crippen LogP contribution is 2.29. The highest BCUT2D eigenvalue weighted by Gasteiger charge is 2.38. The molecule has 9 nitrogen and oxygen atoms in total. The topological polar surface area (TPSA) is 105 Å². The molecule has 0 saturated carbocycles. The van der Waals surface area contributed by atoms with Gasteiger partial charge in [0, 0.05) is 12.2 Å². The minimum Gasteiger partial charge on any atom is -0.497 e. The summed E-state index contributed by atoms with van der Waals surface area (Å²) in [6, 6.07) is 19.8. The van der Waals surface area contributed by atoms with Crippen LogP contribution in [0.2, 0.25) is 0 Å². The van der Waals surface area contributed by atoms with Gasteiger partial charge in [0.15, 0.2) is 0 Å². The molecule has 0 aromatic heterocycles. The Morgan fingerprint density at radius 3 is 2.11 bits per heavy atom. The van der Waals surface area contributed by atoms with Crippen molar-refractivity contribution in [2.24, 2.45) is 0 Å². The number of methoxy groups -OCH3 is 2. The first-order valence-corrected chi connectivity index (χ1v) is 12.2. The van der Waals surface area contributed by atoms with E-state index in [-0.39, 0.29) is 24.6 Å². The largest absolute Gasteiger partial charge is 0.497 e. The third-order valence-corrected chi connectivity index (χ3v) is 6.43. The van der Waals surface area contributed by atoms with Gasteiger partial charge in [0.25, 0.3) is 11.7 Å². The number of rotatable bonds is 10. The second-order valence-electron chi connectivity index (χ2n) is 8.75.